The SMILES string of the molecule is [Ag+].[La+3].[Se-2].[Se-2]. The maximum absolute atomic E-state index is 0. The summed E-state index contributed by atoms with van der Waals surface area (Å²) >= 11 is 0. The van der Waals surface area contributed by atoms with Crippen LogP contribution in [0.2, 0.25) is 0 Å². The first-order chi connectivity index (χ1) is 0. The van der Waals surface area contributed by atoms with Crippen LogP contribution in [0.4, 0.5) is 0 Å². The summed E-state index contributed by atoms with van der Waals surface area (Å²) < 4.78 is 0. The van der Waals surface area contributed by atoms with Crippen LogP contribution in [-0.2, 0) is 22.4 Å². The van der Waals surface area contributed by atoms with Crippen LogP contribution >= 0.6 is 0 Å². The maximum Gasteiger partial charge on any atom is 3.00 e. The third kappa shape index (κ3) is 8.88. The molecule has 0 bridgehead atoms. The summed E-state index contributed by atoms with van der Waals surface area (Å²) in [7, 11) is 0. The van der Waals surface area contributed by atoms with Crippen molar-refractivity contribution in [2.45, 2.75) is 0 Å². The summed E-state index contributed by atoms with van der Waals surface area (Å²) in [6.45, 7) is 0. The van der Waals surface area contributed by atoms with E-state index in [0.29, 0.717) is 0 Å². The molecule has 0 fully saturated rings. The van der Waals surface area contributed by atoms with Gasteiger partial charge in [-0.05, 0) is 0 Å². The van der Waals surface area contributed by atoms with E-state index in [-0.39, 0.29) is 92.1 Å². The van der Waals surface area contributed by atoms with Crippen molar-refractivity contribution >= 4 is 34.1 Å². The summed E-state index contributed by atoms with van der Waals surface area (Å²) in [5.74, 6) is 0. The van der Waals surface area contributed by atoms with Gasteiger partial charge in [-0.15, -0.1) is 0 Å². The molecule has 0 aliphatic carbocycles. The van der Waals surface area contributed by atoms with Gasteiger partial charge in [0.15, 0.2) is 0 Å². The van der Waals surface area contributed by atoms with Crippen LogP contribution in [0.1, 0.15) is 0 Å². The molecule has 0 atom stereocenters. The molecule has 0 aliphatic heterocycles. The first-order valence-electron chi connectivity index (χ1n) is 0. The molecule has 26 valence electrons. The summed E-state index contributed by atoms with van der Waals surface area (Å²) in [6.07, 6.45) is 0. The Morgan fingerprint density at radius 2 is 0.750 bits per heavy atom. The predicted molar refractivity (Wildman–Crippen MR) is 11.5 cm³/mol. The Morgan fingerprint density at radius 3 is 0.750 bits per heavy atom. The summed E-state index contributed by atoms with van der Waals surface area (Å²) in [6, 6.07) is 0. The van der Waals surface area contributed by atoms with E-state index in [1.165, 1.54) is 0 Å². The van der Waals surface area contributed by atoms with Gasteiger partial charge in [0.2, 0.25) is 0 Å². The molecule has 0 aromatic heterocycles. The third-order valence-electron chi connectivity index (χ3n) is 0. The normalized spacial score (nSPS) is 0. The zero-order valence-electron chi connectivity index (χ0n) is 1.70. The first kappa shape index (κ1) is 28.1. The van der Waals surface area contributed by atoms with Crippen LogP contribution in [-0.4, -0.2) is 34.1 Å². The van der Waals surface area contributed by atoms with Crippen molar-refractivity contribution in [3.05, 3.63) is 0 Å². The topological polar surface area (TPSA) is 0 Å². The molecule has 0 unspecified atom stereocenters. The van der Waals surface area contributed by atoms with Gasteiger partial charge in [-0.2, -0.15) is 0 Å². The largest absolute Gasteiger partial charge is 3.00 e. The van der Waals surface area contributed by atoms with Crippen molar-refractivity contribution in [3.8, 4) is 0 Å². The Labute approximate surface area is 90.3 Å². The second-order valence-electron chi connectivity index (χ2n) is 0. The zero-order chi connectivity index (χ0) is 0. The average molecular weight is 405 g/mol. The Balaban J connectivity index is 0. The van der Waals surface area contributed by atoms with Crippen LogP contribution in [0, 0.1) is 35.6 Å². The van der Waals surface area contributed by atoms with Gasteiger partial charge in [0.1, 0.15) is 0 Å². The standard InChI is InChI=1S/Ag.La.2Se/q+1;+3;2*-2. The number of hydrogen-bond donors (Lipinski definition) is 0. The molecule has 0 nitrogen and oxygen atoms in total. The number of rotatable bonds is 0. The van der Waals surface area contributed by atoms with Gasteiger partial charge >= 0.3 is 58.0 Å². The molecule has 0 saturated carbocycles. The molecule has 0 spiro atoms. The van der Waals surface area contributed by atoms with Crippen LogP contribution in [0.3, 0.4) is 0 Å². The van der Waals surface area contributed by atoms with Gasteiger partial charge in [0.05, 0.1) is 0 Å². The van der Waals surface area contributed by atoms with E-state index in [4.69, 9.17) is 0 Å². The molecule has 0 saturated heterocycles. The molecular formula is AgLaSe2. The van der Waals surface area contributed by atoms with Gasteiger partial charge < -0.3 is 34.1 Å². The van der Waals surface area contributed by atoms with Gasteiger partial charge in [0.25, 0.3) is 0 Å². The van der Waals surface area contributed by atoms with Gasteiger partial charge in [-0.1, -0.05) is 0 Å². The Hall–Kier alpha value is 2.97. The van der Waals surface area contributed by atoms with E-state index >= 15 is 0 Å². The van der Waals surface area contributed by atoms with Crippen molar-refractivity contribution in [1.29, 1.82) is 0 Å². The molecule has 0 N–H and O–H groups in total. The summed E-state index contributed by atoms with van der Waals surface area (Å²) in [5, 5.41) is 0. The molecule has 0 aliphatic rings. The summed E-state index contributed by atoms with van der Waals surface area (Å²) in [5.41, 5.74) is 0. The van der Waals surface area contributed by atoms with Crippen LogP contribution in [0.25, 0.3) is 0 Å². The van der Waals surface area contributed by atoms with Crippen molar-refractivity contribution in [2.24, 2.45) is 0 Å². The van der Waals surface area contributed by atoms with E-state index in [0.717, 1.165) is 0 Å². The van der Waals surface area contributed by atoms with E-state index in [9.17, 15) is 0 Å². The minimum atomic E-state index is 0. The monoisotopic (exact) mass is 406 g/mol. The molecule has 0 aromatic carbocycles. The minimum absolute atomic E-state index is 0. The molecule has 0 amide bonds. The van der Waals surface area contributed by atoms with Gasteiger partial charge in [-0.3, -0.25) is 0 Å². The molecule has 4 heavy (non-hydrogen) atoms. The van der Waals surface area contributed by atoms with Gasteiger partial charge in [-0.25, -0.2) is 0 Å². The van der Waals surface area contributed by atoms with E-state index in [1.807, 2.05) is 0 Å². The van der Waals surface area contributed by atoms with Crippen LogP contribution < -0.4 is 0 Å². The fraction of sp³-hybridized carbons (Fsp3) is 0. The van der Waals surface area contributed by atoms with E-state index in [1.54, 1.807) is 0 Å². The predicted octanol–water partition coefficient (Wildman–Crippen LogP) is -0.764. The quantitative estimate of drug-likeness (QED) is 0.466. The zero-order valence-corrected chi connectivity index (χ0v) is 10.2. The molecule has 4 heteroatoms. The van der Waals surface area contributed by atoms with Crippen molar-refractivity contribution in [2.75, 3.05) is 0 Å². The maximum atomic E-state index is 0. The third-order valence-corrected chi connectivity index (χ3v) is 0. The van der Waals surface area contributed by atoms with Gasteiger partial charge in [0, 0.05) is 0 Å². The Kier molecular flexibility index (Phi) is 118. The van der Waals surface area contributed by atoms with E-state index in [2.05, 4.69) is 0 Å². The molecule has 0 radical (unpaired) electrons. The van der Waals surface area contributed by atoms with Crippen molar-refractivity contribution < 1.29 is 58.0 Å². The first-order valence-corrected chi connectivity index (χ1v) is 0. The Morgan fingerprint density at radius 1 is 0.750 bits per heavy atom. The average Bonchev–Trinajstić information content (AvgIpc) is 0. The molecule has 0 rings (SSSR count). The fourth-order valence-corrected chi connectivity index (χ4v) is 0. The molecular weight excluding hydrogens is 405 g/mol. The second kappa shape index (κ2) is 16.7. The smallest absolute Gasteiger partial charge is 2.00 e. The Bertz CT molecular complexity index is 6.00. The van der Waals surface area contributed by atoms with Crippen LogP contribution in [0.15, 0.2) is 0 Å². The van der Waals surface area contributed by atoms with E-state index < -0.39 is 0 Å². The summed E-state index contributed by atoms with van der Waals surface area (Å²) in [4.78, 5) is 0. The minimum Gasteiger partial charge on any atom is -2.00 e. The van der Waals surface area contributed by atoms with Crippen molar-refractivity contribution in [3.63, 3.8) is 0 Å². The fourth-order valence-electron chi connectivity index (χ4n) is 0. The van der Waals surface area contributed by atoms with Crippen molar-refractivity contribution in [1.82, 2.24) is 0 Å². The molecule has 0 heterocycles. The second-order valence-corrected chi connectivity index (χ2v) is 0. The molecule has 0 aromatic rings. The number of hydrogen-bond acceptors (Lipinski definition) is 0. The van der Waals surface area contributed by atoms with Crippen LogP contribution in [0.5, 0.6) is 0 Å².